The summed E-state index contributed by atoms with van der Waals surface area (Å²) in [6.07, 6.45) is 82.8. The number of aliphatic hydroxyl groups is 8. The molecule has 104 heavy (non-hydrogen) atoms. The van der Waals surface area contributed by atoms with Crippen LogP contribution in [0.4, 0.5) is 0 Å². The summed E-state index contributed by atoms with van der Waals surface area (Å²) in [7, 11) is 0. The number of ether oxygens (including phenoxy) is 4. The lowest BCUT2D eigenvalue weighted by Gasteiger charge is -2.46. The predicted octanol–water partition coefficient (Wildman–Crippen LogP) is 21.9. The average Bonchev–Trinajstić information content (AvgIpc) is 0.789. The second-order valence-corrected chi connectivity index (χ2v) is 32.1. The minimum Gasteiger partial charge on any atom is -0.394 e. The fraction of sp³-hybridized carbons (Fsp3) is 0.922. The minimum absolute atomic E-state index is 0.239. The first-order valence-corrected chi connectivity index (χ1v) is 45.2. The fourth-order valence-electron chi connectivity index (χ4n) is 15.2. The van der Waals surface area contributed by atoms with E-state index >= 15 is 0 Å². The second-order valence-electron chi connectivity index (χ2n) is 32.1. The highest BCUT2D eigenvalue weighted by molar-refractivity contribution is 5.76. The number of rotatable bonds is 78. The number of amides is 1. The Balaban J connectivity index is 1.55. The van der Waals surface area contributed by atoms with Gasteiger partial charge >= 0.3 is 0 Å². The van der Waals surface area contributed by atoms with Crippen molar-refractivity contribution in [1.82, 2.24) is 5.32 Å². The number of hydrogen-bond acceptors (Lipinski definition) is 13. The Bertz CT molecular complexity index is 1890. The van der Waals surface area contributed by atoms with Gasteiger partial charge in [-0.1, -0.05) is 410 Å². The Hall–Kier alpha value is -1.79. The molecule has 0 spiro atoms. The zero-order valence-corrected chi connectivity index (χ0v) is 67.8. The van der Waals surface area contributed by atoms with Crippen molar-refractivity contribution in [2.24, 2.45) is 0 Å². The summed E-state index contributed by atoms with van der Waals surface area (Å²) in [6.45, 7) is 2.86. The molecule has 0 bridgehead atoms. The minimum atomic E-state index is -1.79. The molecule has 2 rings (SSSR count). The highest BCUT2D eigenvalue weighted by Gasteiger charge is 2.51. The molecule has 0 aliphatic carbocycles. The van der Waals surface area contributed by atoms with Crippen molar-refractivity contribution in [2.45, 2.75) is 511 Å². The first kappa shape index (κ1) is 98.3. The molecule has 1 amide bonds. The largest absolute Gasteiger partial charge is 0.394 e. The van der Waals surface area contributed by atoms with Crippen LogP contribution in [0.5, 0.6) is 0 Å². The van der Waals surface area contributed by atoms with Gasteiger partial charge < -0.3 is 65.1 Å². The SMILES string of the molecule is CCCCCCCCCC/C=C\CCCCCCCCCCCCCCCCCCCCCCCCCCCCCCCC(=O)NC(COC1OC(CO)C(OC2OC(CO)C(O)C(O)C2O)C(O)C1O)C(O)/C=C/CC/C=C/CCCCCCCCCCCCCCCCCCCCCCCCC. The quantitative estimate of drug-likeness (QED) is 0.0204. The van der Waals surface area contributed by atoms with Crippen LogP contribution in [0.3, 0.4) is 0 Å². The molecule has 14 heteroatoms. The van der Waals surface area contributed by atoms with E-state index in [1.807, 2.05) is 6.08 Å². The van der Waals surface area contributed by atoms with Gasteiger partial charge in [0.15, 0.2) is 12.6 Å². The van der Waals surface area contributed by atoms with Crippen molar-refractivity contribution >= 4 is 5.91 Å². The van der Waals surface area contributed by atoms with Crippen LogP contribution in [0.1, 0.15) is 438 Å². The monoisotopic (exact) mass is 1470 g/mol. The molecule has 2 saturated heterocycles. The second kappa shape index (κ2) is 74.0. The van der Waals surface area contributed by atoms with E-state index in [-0.39, 0.29) is 18.9 Å². The van der Waals surface area contributed by atoms with Crippen LogP contribution in [-0.4, -0.2) is 140 Å². The maximum absolute atomic E-state index is 13.4. The van der Waals surface area contributed by atoms with Crippen molar-refractivity contribution in [3.63, 3.8) is 0 Å². The summed E-state index contributed by atoms with van der Waals surface area (Å²) in [5.41, 5.74) is 0. The van der Waals surface area contributed by atoms with Gasteiger partial charge in [-0.05, 0) is 57.8 Å². The molecule has 0 radical (unpaired) electrons. The molecule has 2 fully saturated rings. The van der Waals surface area contributed by atoms with Gasteiger partial charge in [-0.15, -0.1) is 0 Å². The zero-order valence-electron chi connectivity index (χ0n) is 67.8. The van der Waals surface area contributed by atoms with E-state index in [0.29, 0.717) is 12.8 Å². The van der Waals surface area contributed by atoms with Crippen molar-refractivity contribution < 1.29 is 64.6 Å². The van der Waals surface area contributed by atoms with Crippen LogP contribution in [0.15, 0.2) is 36.5 Å². The Morgan fingerprint density at radius 2 is 0.615 bits per heavy atom. The van der Waals surface area contributed by atoms with Gasteiger partial charge in [0.2, 0.25) is 5.91 Å². The molecule has 2 aliphatic rings. The number of carbonyl (C=O) groups excluding carboxylic acids is 1. The van der Waals surface area contributed by atoms with Gasteiger partial charge in [0.1, 0.15) is 48.8 Å². The fourth-order valence-corrected chi connectivity index (χ4v) is 15.2. The molecule has 12 atom stereocenters. The normalized spacial score (nSPS) is 21.6. The Morgan fingerprint density at radius 3 is 0.942 bits per heavy atom. The summed E-state index contributed by atoms with van der Waals surface area (Å²) >= 11 is 0. The topological polar surface area (TPSA) is 228 Å². The first-order valence-electron chi connectivity index (χ1n) is 45.2. The number of hydrogen-bond donors (Lipinski definition) is 9. The van der Waals surface area contributed by atoms with Crippen LogP contribution in [0.2, 0.25) is 0 Å². The lowest BCUT2D eigenvalue weighted by atomic mass is 9.97. The standard InChI is InChI=1S/C90H171NO13/c1-3-5-7-9-11-13-15-17-19-21-23-25-27-29-31-33-34-35-36-37-38-39-40-41-42-43-44-46-48-50-52-54-56-58-60-62-64-66-68-70-72-74-82(95)91-78(77-101-89-87(100)85(98)88(81(76-93)103-89)104-90-86(99)84(97)83(96)80(75-92)102-90)79(94)73-71-69-67-65-63-61-59-57-55-53-51-49-47-45-32-30-28-26-24-22-20-18-16-14-12-10-8-6-4-2/h21,23,63,65,71,73,78-81,83-90,92-94,96-100H,3-20,22,24-62,64,66-70,72,74-77H2,1-2H3,(H,91,95)/b23-21-,65-63+,73-71+. The molecule has 0 saturated carbocycles. The maximum Gasteiger partial charge on any atom is 0.220 e. The molecular weight excluding hydrogens is 1300 g/mol. The summed E-state index contributed by atoms with van der Waals surface area (Å²) in [5.74, 6) is -0.239. The van der Waals surface area contributed by atoms with Gasteiger partial charge in [0.05, 0.1) is 32.0 Å². The van der Waals surface area contributed by atoms with E-state index in [0.717, 1.165) is 32.1 Å². The van der Waals surface area contributed by atoms with E-state index in [1.165, 1.54) is 372 Å². The van der Waals surface area contributed by atoms with E-state index < -0.39 is 86.8 Å². The van der Waals surface area contributed by atoms with Gasteiger partial charge in [-0.2, -0.15) is 0 Å². The molecule has 0 aromatic heterocycles. The highest BCUT2D eigenvalue weighted by atomic mass is 16.7. The number of aliphatic hydroxyl groups excluding tert-OH is 8. The van der Waals surface area contributed by atoms with Crippen LogP contribution in [0, 0.1) is 0 Å². The number of unbranched alkanes of at least 4 members (excludes halogenated alkanes) is 61. The Morgan fingerprint density at radius 1 is 0.337 bits per heavy atom. The van der Waals surface area contributed by atoms with Gasteiger partial charge in [-0.3, -0.25) is 4.79 Å². The Kier molecular flexibility index (Phi) is 69.9. The molecule has 2 heterocycles. The molecule has 2 aliphatic heterocycles. The summed E-state index contributed by atoms with van der Waals surface area (Å²) in [4.78, 5) is 13.4. The van der Waals surface area contributed by atoms with Gasteiger partial charge in [-0.25, -0.2) is 0 Å². The summed E-state index contributed by atoms with van der Waals surface area (Å²) < 4.78 is 22.9. The Labute approximate surface area is 640 Å². The smallest absolute Gasteiger partial charge is 0.220 e. The maximum atomic E-state index is 13.4. The molecule has 0 aromatic rings. The van der Waals surface area contributed by atoms with Crippen molar-refractivity contribution in [2.75, 3.05) is 19.8 Å². The van der Waals surface area contributed by atoms with Crippen LogP contribution >= 0.6 is 0 Å². The van der Waals surface area contributed by atoms with Crippen LogP contribution in [-0.2, 0) is 23.7 Å². The van der Waals surface area contributed by atoms with E-state index in [1.54, 1.807) is 6.08 Å². The molecular formula is C90H171NO13. The zero-order chi connectivity index (χ0) is 75.1. The third-order valence-corrected chi connectivity index (χ3v) is 22.3. The number of carbonyl (C=O) groups is 1. The summed E-state index contributed by atoms with van der Waals surface area (Å²) in [6, 6.07) is -0.932. The first-order chi connectivity index (χ1) is 51.1. The number of nitrogens with one attached hydrogen (secondary N) is 1. The van der Waals surface area contributed by atoms with E-state index in [9.17, 15) is 45.6 Å². The lowest BCUT2D eigenvalue weighted by Crippen LogP contribution is -2.65. The lowest BCUT2D eigenvalue weighted by molar-refractivity contribution is -0.359. The molecule has 9 N–H and O–H groups in total. The summed E-state index contributed by atoms with van der Waals surface area (Å²) in [5, 5.41) is 87.8. The van der Waals surface area contributed by atoms with Crippen molar-refractivity contribution in [3.8, 4) is 0 Å². The van der Waals surface area contributed by atoms with E-state index in [4.69, 9.17) is 18.9 Å². The molecule has 614 valence electrons. The molecule has 12 unspecified atom stereocenters. The highest BCUT2D eigenvalue weighted by Crippen LogP contribution is 2.31. The molecule has 14 nitrogen and oxygen atoms in total. The van der Waals surface area contributed by atoms with Gasteiger partial charge in [0.25, 0.3) is 0 Å². The number of allylic oxidation sites excluding steroid dienone is 5. The van der Waals surface area contributed by atoms with Crippen molar-refractivity contribution in [1.29, 1.82) is 0 Å². The predicted molar refractivity (Wildman–Crippen MR) is 434 cm³/mol. The van der Waals surface area contributed by atoms with Crippen LogP contribution < -0.4 is 5.32 Å². The third-order valence-electron chi connectivity index (χ3n) is 22.3. The molecule has 0 aromatic carbocycles. The van der Waals surface area contributed by atoms with Crippen molar-refractivity contribution in [3.05, 3.63) is 36.5 Å². The van der Waals surface area contributed by atoms with Gasteiger partial charge in [0, 0.05) is 6.42 Å². The van der Waals surface area contributed by atoms with Crippen LogP contribution in [0.25, 0.3) is 0 Å². The third kappa shape index (κ3) is 55.6. The average molecular weight is 1480 g/mol. The van der Waals surface area contributed by atoms with E-state index in [2.05, 4.69) is 43.5 Å².